The highest BCUT2D eigenvalue weighted by Gasteiger charge is 2.24. The number of nitrogens with one attached hydrogen (secondary N) is 2. The summed E-state index contributed by atoms with van der Waals surface area (Å²) in [7, 11) is -2.99. The van der Waals surface area contributed by atoms with Gasteiger partial charge in [-0.2, -0.15) is 0 Å². The lowest BCUT2D eigenvalue weighted by molar-refractivity contribution is -0.160. The summed E-state index contributed by atoms with van der Waals surface area (Å²) >= 11 is 0. The quantitative estimate of drug-likeness (QED) is 0.299. The van der Waals surface area contributed by atoms with Gasteiger partial charge in [0.1, 0.15) is 15.9 Å². The standard InChI is InChI=1S/C13H26N2O6S/c1-5-20-11(16)9-21-13(17)12(10(2)3)15-14-7-6-8-22(4,18)19/h10,12,14-15H,5-9H2,1-4H3. The van der Waals surface area contributed by atoms with Crippen molar-refractivity contribution in [3.05, 3.63) is 0 Å². The summed E-state index contributed by atoms with van der Waals surface area (Å²) in [6.45, 7) is 5.50. The van der Waals surface area contributed by atoms with Crippen molar-refractivity contribution in [1.82, 2.24) is 10.9 Å². The fourth-order valence-corrected chi connectivity index (χ4v) is 2.19. The molecule has 0 rings (SSSR count). The predicted molar refractivity (Wildman–Crippen MR) is 81.7 cm³/mol. The molecular formula is C13H26N2O6S. The smallest absolute Gasteiger partial charge is 0.344 e. The summed E-state index contributed by atoms with van der Waals surface area (Å²) in [5.74, 6) is -1.17. The van der Waals surface area contributed by atoms with Crippen LogP contribution in [0.15, 0.2) is 0 Å². The van der Waals surface area contributed by atoms with Gasteiger partial charge in [-0.25, -0.2) is 18.6 Å². The average molecular weight is 338 g/mol. The normalized spacial score (nSPS) is 13.0. The molecule has 0 radical (unpaired) electrons. The molecule has 0 spiro atoms. The molecule has 22 heavy (non-hydrogen) atoms. The minimum absolute atomic E-state index is 0.0708. The van der Waals surface area contributed by atoms with Crippen molar-refractivity contribution >= 4 is 21.8 Å². The lowest BCUT2D eigenvalue weighted by Gasteiger charge is -2.21. The van der Waals surface area contributed by atoms with E-state index >= 15 is 0 Å². The maximum absolute atomic E-state index is 11.9. The first-order valence-corrected chi connectivity index (χ1v) is 9.21. The van der Waals surface area contributed by atoms with E-state index in [0.29, 0.717) is 13.0 Å². The topological polar surface area (TPSA) is 111 Å². The van der Waals surface area contributed by atoms with Crippen LogP contribution in [0.2, 0.25) is 0 Å². The van der Waals surface area contributed by atoms with Gasteiger partial charge in [0.15, 0.2) is 6.61 Å². The molecule has 0 aromatic rings. The van der Waals surface area contributed by atoms with Gasteiger partial charge in [-0.3, -0.25) is 10.2 Å². The van der Waals surface area contributed by atoms with Gasteiger partial charge < -0.3 is 9.47 Å². The second-order valence-electron chi connectivity index (χ2n) is 5.19. The summed E-state index contributed by atoms with van der Waals surface area (Å²) in [5, 5.41) is 0. The third-order valence-electron chi connectivity index (χ3n) is 2.63. The Bertz CT molecular complexity index is 449. The molecule has 0 aliphatic carbocycles. The Morgan fingerprint density at radius 1 is 1.18 bits per heavy atom. The van der Waals surface area contributed by atoms with Gasteiger partial charge in [0.25, 0.3) is 0 Å². The molecule has 0 heterocycles. The minimum Gasteiger partial charge on any atom is -0.463 e. The van der Waals surface area contributed by atoms with E-state index in [2.05, 4.69) is 15.6 Å². The van der Waals surface area contributed by atoms with Gasteiger partial charge >= 0.3 is 11.9 Å². The summed E-state index contributed by atoms with van der Waals surface area (Å²) in [6.07, 6.45) is 1.60. The summed E-state index contributed by atoms with van der Waals surface area (Å²) < 4.78 is 31.5. The van der Waals surface area contributed by atoms with Crippen LogP contribution in [-0.4, -0.2) is 58.2 Å². The number of carbonyl (C=O) groups is 2. The lowest BCUT2D eigenvalue weighted by Crippen LogP contribution is -2.49. The van der Waals surface area contributed by atoms with Crippen LogP contribution in [0.1, 0.15) is 27.2 Å². The molecule has 0 aromatic heterocycles. The average Bonchev–Trinajstić information content (AvgIpc) is 2.38. The molecule has 1 atom stereocenters. The molecule has 8 nitrogen and oxygen atoms in total. The molecule has 0 aliphatic rings. The Labute approximate surface area is 131 Å². The number of hydrogen-bond donors (Lipinski definition) is 2. The molecular weight excluding hydrogens is 312 g/mol. The molecule has 130 valence electrons. The van der Waals surface area contributed by atoms with E-state index in [0.717, 1.165) is 0 Å². The van der Waals surface area contributed by atoms with E-state index < -0.39 is 34.4 Å². The van der Waals surface area contributed by atoms with Gasteiger partial charge in [-0.15, -0.1) is 0 Å². The molecule has 0 aromatic carbocycles. The number of hydrazine groups is 1. The van der Waals surface area contributed by atoms with Crippen LogP contribution < -0.4 is 10.9 Å². The van der Waals surface area contributed by atoms with E-state index in [1.165, 1.54) is 6.26 Å². The summed E-state index contributed by atoms with van der Waals surface area (Å²) in [6, 6.07) is -0.646. The van der Waals surface area contributed by atoms with Gasteiger partial charge in [-0.1, -0.05) is 13.8 Å². The van der Waals surface area contributed by atoms with E-state index in [9.17, 15) is 18.0 Å². The molecule has 2 N–H and O–H groups in total. The van der Waals surface area contributed by atoms with Gasteiger partial charge in [0.2, 0.25) is 0 Å². The summed E-state index contributed by atoms with van der Waals surface area (Å²) in [5.41, 5.74) is 5.59. The first-order chi connectivity index (χ1) is 10.2. The minimum atomic E-state index is -2.99. The van der Waals surface area contributed by atoms with Crippen LogP contribution >= 0.6 is 0 Å². The number of sulfone groups is 1. The fourth-order valence-electron chi connectivity index (χ4n) is 1.53. The SMILES string of the molecule is CCOC(=O)COC(=O)C(NNCCCS(C)(=O)=O)C(C)C. The van der Waals surface area contributed by atoms with E-state index in [1.54, 1.807) is 6.92 Å². The first kappa shape index (κ1) is 20.8. The van der Waals surface area contributed by atoms with Crippen molar-refractivity contribution in [2.24, 2.45) is 5.92 Å². The van der Waals surface area contributed by atoms with Gasteiger partial charge in [0, 0.05) is 12.8 Å². The number of hydrogen-bond acceptors (Lipinski definition) is 8. The fraction of sp³-hybridized carbons (Fsp3) is 0.846. The maximum atomic E-state index is 11.9. The van der Waals surface area contributed by atoms with Crippen LogP contribution in [0.5, 0.6) is 0 Å². The highest BCUT2D eigenvalue weighted by Crippen LogP contribution is 2.03. The predicted octanol–water partition coefficient (Wildman–Crippen LogP) is -0.354. The zero-order chi connectivity index (χ0) is 17.2. The largest absolute Gasteiger partial charge is 0.463 e. The Kier molecular flexibility index (Phi) is 9.95. The zero-order valence-electron chi connectivity index (χ0n) is 13.5. The molecule has 0 fully saturated rings. The second kappa shape index (κ2) is 10.5. The molecule has 0 saturated heterocycles. The third-order valence-corrected chi connectivity index (χ3v) is 3.66. The van der Waals surface area contributed by atoms with Crippen molar-refractivity contribution in [3.8, 4) is 0 Å². The maximum Gasteiger partial charge on any atom is 0.344 e. The molecule has 0 aliphatic heterocycles. The van der Waals surface area contributed by atoms with Crippen LogP contribution in [0.25, 0.3) is 0 Å². The Morgan fingerprint density at radius 2 is 1.82 bits per heavy atom. The number of rotatable bonds is 11. The number of ether oxygens (including phenoxy) is 2. The lowest BCUT2D eigenvalue weighted by atomic mass is 10.1. The number of carbonyl (C=O) groups excluding carboxylic acids is 2. The van der Waals surface area contributed by atoms with Crippen molar-refractivity contribution in [3.63, 3.8) is 0 Å². The zero-order valence-corrected chi connectivity index (χ0v) is 14.4. The molecule has 1 unspecified atom stereocenters. The molecule has 0 saturated carbocycles. The van der Waals surface area contributed by atoms with E-state index in [-0.39, 0.29) is 18.3 Å². The molecule has 0 bridgehead atoms. The van der Waals surface area contributed by atoms with Crippen molar-refractivity contribution in [1.29, 1.82) is 0 Å². The second-order valence-corrected chi connectivity index (χ2v) is 7.45. The van der Waals surface area contributed by atoms with E-state index in [1.807, 2.05) is 13.8 Å². The van der Waals surface area contributed by atoms with Crippen LogP contribution in [0, 0.1) is 5.92 Å². The monoisotopic (exact) mass is 338 g/mol. The van der Waals surface area contributed by atoms with Crippen LogP contribution in [0.3, 0.4) is 0 Å². The Hall–Kier alpha value is -1.19. The van der Waals surface area contributed by atoms with E-state index in [4.69, 9.17) is 4.74 Å². The first-order valence-electron chi connectivity index (χ1n) is 7.15. The molecule has 9 heteroatoms. The number of esters is 2. The Morgan fingerprint density at radius 3 is 2.32 bits per heavy atom. The van der Waals surface area contributed by atoms with Crippen molar-refractivity contribution in [2.75, 3.05) is 31.8 Å². The Balaban J connectivity index is 4.14. The van der Waals surface area contributed by atoms with Crippen LogP contribution in [0.4, 0.5) is 0 Å². The highest BCUT2D eigenvalue weighted by atomic mass is 32.2. The molecule has 0 amide bonds. The van der Waals surface area contributed by atoms with Crippen LogP contribution in [-0.2, 0) is 28.9 Å². The van der Waals surface area contributed by atoms with Gasteiger partial charge in [0.05, 0.1) is 12.4 Å². The third kappa shape index (κ3) is 10.5. The highest BCUT2D eigenvalue weighted by molar-refractivity contribution is 7.90. The van der Waals surface area contributed by atoms with Gasteiger partial charge in [-0.05, 0) is 19.3 Å². The van der Waals surface area contributed by atoms with Crippen molar-refractivity contribution < 1.29 is 27.5 Å². The van der Waals surface area contributed by atoms with Crippen molar-refractivity contribution in [2.45, 2.75) is 33.2 Å². The summed E-state index contributed by atoms with van der Waals surface area (Å²) in [4.78, 5) is 23.0.